The van der Waals surface area contributed by atoms with Crippen molar-refractivity contribution in [2.24, 2.45) is 17.8 Å². The van der Waals surface area contributed by atoms with Gasteiger partial charge >= 0.3 is 0 Å². The number of nitrogens with one attached hydrogen (secondary N) is 2. The number of carbonyl (C=O) groups excluding carboxylic acids is 3. The van der Waals surface area contributed by atoms with Crippen molar-refractivity contribution >= 4 is 17.7 Å². The average molecular weight is 438 g/mol. The Balaban J connectivity index is 1.98. The first-order chi connectivity index (χ1) is 14.6. The van der Waals surface area contributed by atoms with Crippen molar-refractivity contribution in [1.82, 2.24) is 15.5 Å². The van der Waals surface area contributed by atoms with Crippen LogP contribution in [0.5, 0.6) is 0 Å². The van der Waals surface area contributed by atoms with Crippen LogP contribution in [-0.2, 0) is 19.1 Å². The van der Waals surface area contributed by atoms with Crippen LogP contribution in [-0.4, -0.2) is 70.7 Å². The number of carbonyl (C=O) groups is 3. The van der Waals surface area contributed by atoms with Crippen LogP contribution in [0.1, 0.15) is 66.7 Å². The molecule has 3 heterocycles. The maximum absolute atomic E-state index is 13.7. The quantitative estimate of drug-likeness (QED) is 0.445. The number of likely N-dealkylation sites (tertiary alicyclic amines) is 1. The van der Waals surface area contributed by atoms with E-state index in [2.05, 4.69) is 17.6 Å². The topological polar surface area (TPSA) is 108 Å². The molecule has 6 atom stereocenters. The van der Waals surface area contributed by atoms with Crippen molar-refractivity contribution in [3.8, 4) is 0 Å². The zero-order valence-corrected chi connectivity index (χ0v) is 19.6. The van der Waals surface area contributed by atoms with E-state index < -0.39 is 29.1 Å². The van der Waals surface area contributed by atoms with E-state index in [4.69, 9.17) is 9.84 Å². The molecule has 0 aromatic rings. The van der Waals surface area contributed by atoms with Crippen molar-refractivity contribution in [2.75, 3.05) is 19.7 Å². The predicted octanol–water partition coefficient (Wildman–Crippen LogP) is 1.21. The van der Waals surface area contributed by atoms with E-state index in [0.29, 0.717) is 32.4 Å². The number of hydrogen-bond acceptors (Lipinski definition) is 5. The van der Waals surface area contributed by atoms with Crippen LogP contribution in [0, 0.1) is 17.8 Å². The fourth-order valence-electron chi connectivity index (χ4n) is 5.97. The van der Waals surface area contributed by atoms with Gasteiger partial charge in [-0.15, -0.1) is 0 Å². The molecule has 8 heteroatoms. The molecule has 0 aromatic carbocycles. The lowest BCUT2D eigenvalue weighted by Crippen LogP contribution is -2.56. The number of nitrogens with zero attached hydrogens (tertiary/aromatic N) is 1. The van der Waals surface area contributed by atoms with Crippen molar-refractivity contribution in [3.05, 3.63) is 0 Å². The Kier molecular flexibility index (Phi) is 7.01. The minimum atomic E-state index is -0.977. The number of aliphatic hydroxyl groups is 1. The Morgan fingerprint density at radius 2 is 1.97 bits per heavy atom. The number of rotatable bonds is 10. The van der Waals surface area contributed by atoms with Crippen molar-refractivity contribution in [1.29, 1.82) is 0 Å². The molecule has 0 radical (unpaired) electrons. The molecule has 31 heavy (non-hydrogen) atoms. The van der Waals surface area contributed by atoms with Crippen LogP contribution < -0.4 is 10.6 Å². The summed E-state index contributed by atoms with van der Waals surface area (Å²) in [5.74, 6) is -1.71. The second kappa shape index (κ2) is 9.06. The van der Waals surface area contributed by atoms with Gasteiger partial charge in [-0.1, -0.05) is 13.8 Å². The SMILES string of the molecule is CCCNC(=O)[C@@H]1[C@H]2C(=O)N(CCCCCO)C(C(=O)NC(C)C)C23CC(C)[C@@]1(C)O3. The zero-order chi connectivity index (χ0) is 23.0. The smallest absolute Gasteiger partial charge is 0.246 e. The van der Waals surface area contributed by atoms with Crippen LogP contribution in [0.3, 0.4) is 0 Å². The van der Waals surface area contributed by atoms with Crippen LogP contribution in [0.4, 0.5) is 0 Å². The summed E-state index contributed by atoms with van der Waals surface area (Å²) in [5.41, 5.74) is -1.74. The van der Waals surface area contributed by atoms with Crippen molar-refractivity contribution < 1.29 is 24.2 Å². The number of ether oxygens (including phenoxy) is 1. The molecule has 3 amide bonds. The summed E-state index contributed by atoms with van der Waals surface area (Å²) < 4.78 is 6.62. The maximum Gasteiger partial charge on any atom is 0.246 e. The monoisotopic (exact) mass is 437 g/mol. The molecule has 8 nitrogen and oxygen atoms in total. The van der Waals surface area contributed by atoms with Crippen LogP contribution >= 0.6 is 0 Å². The Morgan fingerprint density at radius 1 is 1.26 bits per heavy atom. The molecule has 0 aromatic heterocycles. The van der Waals surface area contributed by atoms with Gasteiger partial charge in [0.05, 0.1) is 17.4 Å². The van der Waals surface area contributed by atoms with Gasteiger partial charge in [-0.3, -0.25) is 14.4 Å². The average Bonchev–Trinajstić information content (AvgIpc) is 3.20. The van der Waals surface area contributed by atoms with E-state index in [1.54, 1.807) is 4.90 Å². The summed E-state index contributed by atoms with van der Waals surface area (Å²) in [4.78, 5) is 41.9. The minimum Gasteiger partial charge on any atom is -0.396 e. The third-order valence-corrected chi connectivity index (χ3v) is 7.38. The number of fused-ring (bicyclic) bond motifs is 1. The molecular formula is C23H39N3O5. The van der Waals surface area contributed by atoms with Crippen molar-refractivity contribution in [3.63, 3.8) is 0 Å². The highest BCUT2D eigenvalue weighted by Gasteiger charge is 2.79. The molecule has 3 N–H and O–H groups in total. The Labute approximate surface area is 185 Å². The van der Waals surface area contributed by atoms with Gasteiger partial charge in [-0.2, -0.15) is 0 Å². The lowest BCUT2D eigenvalue weighted by molar-refractivity contribution is -0.147. The largest absolute Gasteiger partial charge is 0.396 e. The van der Waals surface area contributed by atoms with Gasteiger partial charge in [0.15, 0.2) is 0 Å². The van der Waals surface area contributed by atoms with E-state index in [-0.39, 0.29) is 36.3 Å². The molecule has 0 aliphatic carbocycles. The van der Waals surface area contributed by atoms with E-state index in [0.717, 1.165) is 12.8 Å². The zero-order valence-electron chi connectivity index (χ0n) is 19.6. The Hall–Kier alpha value is -1.67. The summed E-state index contributed by atoms with van der Waals surface area (Å²) in [6.07, 6.45) is 3.52. The highest BCUT2D eigenvalue weighted by molar-refractivity contribution is 5.99. The summed E-state index contributed by atoms with van der Waals surface area (Å²) in [7, 11) is 0. The Bertz CT molecular complexity index is 713. The number of aliphatic hydroxyl groups excluding tert-OH is 1. The van der Waals surface area contributed by atoms with E-state index in [1.807, 2.05) is 27.7 Å². The second-order valence-electron chi connectivity index (χ2n) is 9.97. The third kappa shape index (κ3) is 3.86. The Morgan fingerprint density at radius 3 is 2.58 bits per heavy atom. The van der Waals surface area contributed by atoms with Gasteiger partial charge in [-0.25, -0.2) is 0 Å². The normalized spacial score (nSPS) is 36.2. The number of hydrogen-bond donors (Lipinski definition) is 3. The van der Waals surface area contributed by atoms with Gasteiger partial charge in [0, 0.05) is 25.7 Å². The van der Waals surface area contributed by atoms with Gasteiger partial charge < -0.3 is 25.4 Å². The van der Waals surface area contributed by atoms with E-state index in [1.165, 1.54) is 0 Å². The highest BCUT2D eigenvalue weighted by atomic mass is 16.5. The molecule has 2 bridgehead atoms. The van der Waals surface area contributed by atoms with Crippen LogP contribution in [0.25, 0.3) is 0 Å². The summed E-state index contributed by atoms with van der Waals surface area (Å²) in [5, 5.41) is 15.0. The van der Waals surface area contributed by atoms with Crippen LogP contribution in [0.2, 0.25) is 0 Å². The molecule has 3 rings (SSSR count). The summed E-state index contributed by atoms with van der Waals surface area (Å²) in [6.45, 7) is 10.8. The van der Waals surface area contributed by atoms with Gasteiger partial charge in [0.25, 0.3) is 0 Å². The molecule has 3 fully saturated rings. The standard InChI is InChI=1S/C23H39N3O5/c1-6-10-24-19(28)16-17-21(30)26(11-8-7-9-12-27)18(20(29)25-14(2)3)23(17)13-15(4)22(16,5)31-23/h14-18,27H,6-13H2,1-5H3,(H,24,28)(H,25,29)/t15?,16-,17-,18?,22+,23?/m0/s1. The molecule has 1 spiro atoms. The molecular weight excluding hydrogens is 398 g/mol. The van der Waals surface area contributed by atoms with E-state index >= 15 is 0 Å². The number of amides is 3. The van der Waals surface area contributed by atoms with Gasteiger partial charge in [-0.05, 0) is 58.8 Å². The third-order valence-electron chi connectivity index (χ3n) is 7.38. The summed E-state index contributed by atoms with van der Waals surface area (Å²) >= 11 is 0. The maximum atomic E-state index is 13.7. The van der Waals surface area contributed by atoms with E-state index in [9.17, 15) is 14.4 Å². The lowest BCUT2D eigenvalue weighted by atomic mass is 9.62. The lowest BCUT2D eigenvalue weighted by Gasteiger charge is -2.36. The molecule has 3 aliphatic heterocycles. The van der Waals surface area contributed by atoms with Crippen LogP contribution in [0.15, 0.2) is 0 Å². The summed E-state index contributed by atoms with van der Waals surface area (Å²) in [6, 6.07) is -0.806. The first kappa shape index (κ1) is 24.0. The molecule has 3 aliphatic rings. The molecule has 0 saturated carbocycles. The first-order valence-corrected chi connectivity index (χ1v) is 11.8. The molecule has 3 unspecified atom stereocenters. The first-order valence-electron chi connectivity index (χ1n) is 11.8. The minimum absolute atomic E-state index is 0.0533. The van der Waals surface area contributed by atoms with Crippen molar-refractivity contribution in [2.45, 2.75) is 90.0 Å². The van der Waals surface area contributed by atoms with Gasteiger partial charge in [0.2, 0.25) is 17.7 Å². The molecule has 176 valence electrons. The predicted molar refractivity (Wildman–Crippen MR) is 116 cm³/mol. The second-order valence-corrected chi connectivity index (χ2v) is 9.97. The fourth-order valence-corrected chi connectivity index (χ4v) is 5.97. The molecule has 3 saturated heterocycles. The fraction of sp³-hybridized carbons (Fsp3) is 0.870. The highest BCUT2D eigenvalue weighted by Crippen LogP contribution is 2.65. The van der Waals surface area contributed by atoms with Gasteiger partial charge in [0.1, 0.15) is 11.6 Å². The number of unbranched alkanes of at least 4 members (excludes halogenated alkanes) is 2.